The Morgan fingerprint density at radius 2 is 2.24 bits per heavy atom. The summed E-state index contributed by atoms with van der Waals surface area (Å²) in [4.78, 5) is 25.1. The van der Waals surface area contributed by atoms with E-state index >= 15 is 0 Å². The molecule has 1 N–H and O–H groups in total. The SMILES string of the molecule is Cc1cccc(NC(=O)N2CCC(CN(C)Cc3cccnc3)C2)n1. The summed E-state index contributed by atoms with van der Waals surface area (Å²) in [6.45, 7) is 5.35. The second-order valence-electron chi connectivity index (χ2n) is 6.75. The lowest BCUT2D eigenvalue weighted by Gasteiger charge is -2.21. The number of likely N-dealkylation sites (tertiary alicyclic amines) is 1. The smallest absolute Gasteiger partial charge is 0.323 e. The molecule has 0 saturated carbocycles. The van der Waals surface area contributed by atoms with Gasteiger partial charge in [0.25, 0.3) is 0 Å². The number of anilines is 1. The Hall–Kier alpha value is -2.47. The summed E-state index contributed by atoms with van der Waals surface area (Å²) in [6, 6.07) is 9.63. The molecule has 1 atom stereocenters. The number of hydrogen-bond acceptors (Lipinski definition) is 4. The highest BCUT2D eigenvalue weighted by Crippen LogP contribution is 2.19. The van der Waals surface area contributed by atoms with Crippen molar-refractivity contribution in [3.63, 3.8) is 0 Å². The Kier molecular flexibility index (Phi) is 5.60. The van der Waals surface area contributed by atoms with Crippen LogP contribution in [0, 0.1) is 12.8 Å². The molecule has 2 aromatic rings. The Balaban J connectivity index is 1.47. The van der Waals surface area contributed by atoms with Gasteiger partial charge in [-0.2, -0.15) is 0 Å². The van der Waals surface area contributed by atoms with Gasteiger partial charge in [-0.25, -0.2) is 9.78 Å². The minimum Gasteiger partial charge on any atom is -0.324 e. The van der Waals surface area contributed by atoms with Gasteiger partial charge in [-0.15, -0.1) is 0 Å². The Labute approximate surface area is 148 Å². The molecule has 0 aromatic carbocycles. The van der Waals surface area contributed by atoms with Crippen molar-refractivity contribution in [2.45, 2.75) is 19.9 Å². The molecule has 1 fully saturated rings. The number of rotatable bonds is 5. The zero-order valence-electron chi connectivity index (χ0n) is 14.9. The zero-order valence-corrected chi connectivity index (χ0v) is 14.9. The van der Waals surface area contributed by atoms with E-state index in [4.69, 9.17) is 0 Å². The minimum atomic E-state index is -0.0597. The molecule has 0 radical (unpaired) electrons. The van der Waals surface area contributed by atoms with Crippen molar-refractivity contribution in [3.8, 4) is 0 Å². The molecular formula is C19H25N5O. The molecule has 3 heterocycles. The number of pyridine rings is 2. The van der Waals surface area contributed by atoms with Crippen molar-refractivity contribution in [2.24, 2.45) is 5.92 Å². The lowest BCUT2D eigenvalue weighted by molar-refractivity contribution is 0.216. The third-order valence-electron chi connectivity index (χ3n) is 4.44. The number of amides is 2. The van der Waals surface area contributed by atoms with E-state index in [0.717, 1.165) is 38.3 Å². The molecule has 1 aliphatic heterocycles. The highest BCUT2D eigenvalue weighted by Gasteiger charge is 2.27. The number of aromatic nitrogens is 2. The van der Waals surface area contributed by atoms with Crippen molar-refractivity contribution in [2.75, 3.05) is 32.0 Å². The van der Waals surface area contributed by atoms with Crippen LogP contribution in [0.5, 0.6) is 0 Å². The molecule has 0 spiro atoms. The third kappa shape index (κ3) is 5.00. The molecule has 6 heteroatoms. The Bertz CT molecular complexity index is 706. The summed E-state index contributed by atoms with van der Waals surface area (Å²) < 4.78 is 0. The Morgan fingerprint density at radius 3 is 3.00 bits per heavy atom. The first-order valence-electron chi connectivity index (χ1n) is 8.67. The number of nitrogens with zero attached hydrogens (tertiary/aromatic N) is 4. The largest absolute Gasteiger partial charge is 0.324 e. The van der Waals surface area contributed by atoms with Crippen molar-refractivity contribution < 1.29 is 4.79 Å². The molecule has 2 aromatic heterocycles. The van der Waals surface area contributed by atoms with Crippen LogP contribution in [0.4, 0.5) is 10.6 Å². The first kappa shape index (κ1) is 17.4. The van der Waals surface area contributed by atoms with Crippen molar-refractivity contribution in [1.82, 2.24) is 19.8 Å². The van der Waals surface area contributed by atoms with Gasteiger partial charge in [-0.3, -0.25) is 10.3 Å². The van der Waals surface area contributed by atoms with Crippen LogP contribution < -0.4 is 5.32 Å². The minimum absolute atomic E-state index is 0.0597. The molecule has 6 nitrogen and oxygen atoms in total. The van der Waals surface area contributed by atoms with Gasteiger partial charge in [0.15, 0.2) is 0 Å². The number of urea groups is 1. The molecular weight excluding hydrogens is 314 g/mol. The first-order chi connectivity index (χ1) is 12.1. The van der Waals surface area contributed by atoms with Gasteiger partial charge in [-0.05, 0) is 50.1 Å². The van der Waals surface area contributed by atoms with E-state index in [0.29, 0.717) is 11.7 Å². The van der Waals surface area contributed by atoms with Crippen molar-refractivity contribution >= 4 is 11.8 Å². The topological polar surface area (TPSA) is 61.4 Å². The van der Waals surface area contributed by atoms with Crippen LogP contribution in [0.1, 0.15) is 17.7 Å². The maximum absolute atomic E-state index is 12.4. The van der Waals surface area contributed by atoms with Gasteiger partial charge in [0, 0.05) is 44.3 Å². The lowest BCUT2D eigenvalue weighted by atomic mass is 10.1. The summed E-state index contributed by atoms with van der Waals surface area (Å²) in [6.07, 6.45) is 4.73. The maximum atomic E-state index is 12.4. The molecule has 25 heavy (non-hydrogen) atoms. The van der Waals surface area contributed by atoms with Crippen LogP contribution in [0.25, 0.3) is 0 Å². The van der Waals surface area contributed by atoms with Crippen LogP contribution in [0.3, 0.4) is 0 Å². The molecule has 3 rings (SSSR count). The maximum Gasteiger partial charge on any atom is 0.323 e. The summed E-state index contributed by atoms with van der Waals surface area (Å²) >= 11 is 0. The van der Waals surface area contributed by atoms with Crippen molar-refractivity contribution in [3.05, 3.63) is 54.0 Å². The van der Waals surface area contributed by atoms with Gasteiger partial charge in [-0.1, -0.05) is 12.1 Å². The number of carbonyl (C=O) groups is 1. The van der Waals surface area contributed by atoms with Crippen LogP contribution in [-0.4, -0.2) is 52.5 Å². The molecule has 1 unspecified atom stereocenters. The van der Waals surface area contributed by atoms with E-state index in [1.165, 1.54) is 5.56 Å². The quantitative estimate of drug-likeness (QED) is 0.910. The first-order valence-corrected chi connectivity index (χ1v) is 8.67. The van der Waals surface area contributed by atoms with Gasteiger partial charge >= 0.3 is 6.03 Å². The molecule has 1 saturated heterocycles. The predicted molar refractivity (Wildman–Crippen MR) is 98.2 cm³/mol. The van der Waals surface area contributed by atoms with Crippen molar-refractivity contribution in [1.29, 1.82) is 0 Å². The molecule has 1 aliphatic rings. The van der Waals surface area contributed by atoms with Gasteiger partial charge in [0.1, 0.15) is 5.82 Å². The fourth-order valence-corrected chi connectivity index (χ4v) is 3.28. The number of hydrogen-bond donors (Lipinski definition) is 1. The lowest BCUT2D eigenvalue weighted by Crippen LogP contribution is -2.34. The van der Waals surface area contributed by atoms with Crippen LogP contribution in [-0.2, 0) is 6.54 Å². The number of nitrogens with one attached hydrogen (secondary N) is 1. The molecule has 0 aliphatic carbocycles. The standard InChI is InChI=1S/C19H25N5O/c1-15-5-3-7-18(21-15)22-19(25)24-10-8-17(14-24)13-23(2)12-16-6-4-9-20-11-16/h3-7,9,11,17H,8,10,12-14H2,1-2H3,(H,21,22,25). The average Bonchev–Trinajstić information content (AvgIpc) is 3.04. The summed E-state index contributed by atoms with van der Waals surface area (Å²) in [5, 5.41) is 2.89. The van der Waals surface area contributed by atoms with Crippen LogP contribution >= 0.6 is 0 Å². The molecule has 132 valence electrons. The molecule has 0 bridgehead atoms. The van der Waals surface area contributed by atoms with E-state index in [2.05, 4.69) is 33.3 Å². The predicted octanol–water partition coefficient (Wildman–Crippen LogP) is 2.77. The number of aryl methyl sites for hydroxylation is 1. The number of carbonyl (C=O) groups excluding carboxylic acids is 1. The highest BCUT2D eigenvalue weighted by atomic mass is 16.2. The van der Waals surface area contributed by atoms with E-state index in [-0.39, 0.29) is 6.03 Å². The second kappa shape index (κ2) is 8.07. The van der Waals surface area contributed by atoms with Gasteiger partial charge in [0.05, 0.1) is 0 Å². The van der Waals surface area contributed by atoms with E-state index < -0.39 is 0 Å². The van der Waals surface area contributed by atoms with Gasteiger partial charge < -0.3 is 9.80 Å². The van der Waals surface area contributed by atoms with Gasteiger partial charge in [0.2, 0.25) is 0 Å². The van der Waals surface area contributed by atoms with Crippen LogP contribution in [0.15, 0.2) is 42.7 Å². The van der Waals surface area contributed by atoms with Crippen LogP contribution in [0.2, 0.25) is 0 Å². The van der Waals surface area contributed by atoms with E-state index in [1.54, 1.807) is 6.20 Å². The summed E-state index contributed by atoms with van der Waals surface area (Å²) in [5.41, 5.74) is 2.11. The fourth-order valence-electron chi connectivity index (χ4n) is 3.28. The fraction of sp³-hybridized carbons (Fsp3) is 0.421. The Morgan fingerprint density at radius 1 is 1.36 bits per heavy atom. The zero-order chi connectivity index (χ0) is 17.6. The summed E-state index contributed by atoms with van der Waals surface area (Å²) in [7, 11) is 2.12. The van der Waals surface area contributed by atoms with E-state index in [9.17, 15) is 4.79 Å². The summed E-state index contributed by atoms with van der Waals surface area (Å²) in [5.74, 6) is 1.11. The highest BCUT2D eigenvalue weighted by molar-refractivity contribution is 5.88. The normalized spacial score (nSPS) is 17.1. The third-order valence-corrected chi connectivity index (χ3v) is 4.44. The second-order valence-corrected chi connectivity index (χ2v) is 6.75. The molecule has 2 amide bonds. The monoisotopic (exact) mass is 339 g/mol. The average molecular weight is 339 g/mol. The van der Waals surface area contributed by atoms with E-state index in [1.807, 2.05) is 42.3 Å².